The van der Waals surface area contributed by atoms with Gasteiger partial charge in [0.05, 0.1) is 30.0 Å². The smallest absolute Gasteiger partial charge is 0.234 e. The molecule has 0 aliphatic carbocycles. The third-order valence-electron chi connectivity index (χ3n) is 3.78. The van der Waals surface area contributed by atoms with Gasteiger partial charge in [0.2, 0.25) is 5.91 Å². The molecule has 142 valence electrons. The van der Waals surface area contributed by atoms with Crippen LogP contribution in [0.5, 0.6) is 11.5 Å². The van der Waals surface area contributed by atoms with Gasteiger partial charge in [-0.25, -0.2) is 4.98 Å². The van der Waals surface area contributed by atoms with Crippen LogP contribution in [0.4, 0.5) is 5.69 Å². The van der Waals surface area contributed by atoms with Crippen molar-refractivity contribution in [1.29, 1.82) is 0 Å². The minimum atomic E-state index is -0.108. The molecular weight excluding hydrogens is 362 g/mol. The van der Waals surface area contributed by atoms with E-state index in [-0.39, 0.29) is 11.7 Å². The standard InChI is InChI=1S/C20H23N3O3S/c1-4-25-17-9-7-14(11-18(17)26-5-2)21-19(24)12-27-20-22-15-8-6-13(3)10-16(15)23-20/h6-11H,4-5,12H2,1-3H3,(H,21,24)(H,22,23). The molecule has 3 aromatic rings. The number of carbonyl (C=O) groups is 1. The van der Waals surface area contributed by atoms with E-state index in [0.29, 0.717) is 30.4 Å². The Labute approximate surface area is 162 Å². The number of rotatable bonds is 8. The maximum Gasteiger partial charge on any atom is 0.234 e. The third kappa shape index (κ3) is 4.95. The molecule has 1 amide bonds. The lowest BCUT2D eigenvalue weighted by atomic mass is 10.2. The van der Waals surface area contributed by atoms with E-state index in [9.17, 15) is 4.79 Å². The Hall–Kier alpha value is -2.67. The monoisotopic (exact) mass is 385 g/mol. The third-order valence-corrected chi connectivity index (χ3v) is 4.66. The van der Waals surface area contributed by atoms with E-state index in [1.54, 1.807) is 18.2 Å². The number of ether oxygens (including phenoxy) is 2. The first-order valence-corrected chi connectivity index (χ1v) is 9.86. The lowest BCUT2D eigenvalue weighted by molar-refractivity contribution is -0.113. The van der Waals surface area contributed by atoms with E-state index >= 15 is 0 Å². The summed E-state index contributed by atoms with van der Waals surface area (Å²) in [4.78, 5) is 20.0. The summed E-state index contributed by atoms with van der Waals surface area (Å²) in [5.74, 6) is 1.45. The summed E-state index contributed by atoms with van der Waals surface area (Å²) in [6, 6.07) is 11.4. The normalized spacial score (nSPS) is 10.8. The van der Waals surface area contributed by atoms with E-state index in [4.69, 9.17) is 9.47 Å². The minimum absolute atomic E-state index is 0.108. The van der Waals surface area contributed by atoms with Crippen molar-refractivity contribution in [2.24, 2.45) is 0 Å². The highest BCUT2D eigenvalue weighted by Crippen LogP contribution is 2.30. The van der Waals surface area contributed by atoms with Crippen LogP contribution in [0.15, 0.2) is 41.6 Å². The predicted molar refractivity (Wildman–Crippen MR) is 109 cm³/mol. The van der Waals surface area contributed by atoms with Crippen LogP contribution in [-0.4, -0.2) is 34.8 Å². The first-order valence-electron chi connectivity index (χ1n) is 8.87. The second-order valence-electron chi connectivity index (χ2n) is 5.93. The van der Waals surface area contributed by atoms with Gasteiger partial charge in [-0.3, -0.25) is 4.79 Å². The molecule has 0 aliphatic rings. The van der Waals surface area contributed by atoms with E-state index < -0.39 is 0 Å². The Bertz CT molecular complexity index is 939. The second kappa shape index (κ2) is 8.81. The van der Waals surface area contributed by atoms with Gasteiger partial charge in [0.1, 0.15) is 0 Å². The lowest BCUT2D eigenvalue weighted by Gasteiger charge is -2.12. The van der Waals surface area contributed by atoms with Gasteiger partial charge in [0.25, 0.3) is 0 Å². The maximum absolute atomic E-state index is 12.3. The molecule has 6 nitrogen and oxygen atoms in total. The van der Waals surface area contributed by atoms with Crippen molar-refractivity contribution in [2.45, 2.75) is 25.9 Å². The van der Waals surface area contributed by atoms with E-state index in [1.165, 1.54) is 17.3 Å². The van der Waals surface area contributed by atoms with Crippen LogP contribution in [0.3, 0.4) is 0 Å². The molecule has 0 atom stereocenters. The first-order chi connectivity index (χ1) is 13.1. The molecule has 0 saturated heterocycles. The summed E-state index contributed by atoms with van der Waals surface area (Å²) in [6.45, 7) is 6.95. The first kappa shape index (κ1) is 19.1. The van der Waals surface area contributed by atoms with E-state index in [0.717, 1.165) is 16.2 Å². The highest BCUT2D eigenvalue weighted by molar-refractivity contribution is 7.99. The van der Waals surface area contributed by atoms with Gasteiger partial charge >= 0.3 is 0 Å². The van der Waals surface area contributed by atoms with E-state index in [1.807, 2.05) is 39.0 Å². The Morgan fingerprint density at radius 3 is 2.67 bits per heavy atom. The highest BCUT2D eigenvalue weighted by atomic mass is 32.2. The number of hydrogen-bond donors (Lipinski definition) is 2. The topological polar surface area (TPSA) is 76.2 Å². The number of aryl methyl sites for hydroxylation is 1. The second-order valence-corrected chi connectivity index (χ2v) is 6.89. The fraction of sp³-hybridized carbons (Fsp3) is 0.300. The zero-order valence-electron chi connectivity index (χ0n) is 15.7. The summed E-state index contributed by atoms with van der Waals surface area (Å²) < 4.78 is 11.1. The van der Waals surface area contributed by atoms with Gasteiger partial charge < -0.3 is 19.8 Å². The molecule has 0 unspecified atom stereocenters. The molecule has 0 saturated carbocycles. The summed E-state index contributed by atoms with van der Waals surface area (Å²) >= 11 is 1.37. The molecule has 7 heteroatoms. The average molecular weight is 385 g/mol. The number of benzene rings is 2. The molecule has 27 heavy (non-hydrogen) atoms. The number of anilines is 1. The van der Waals surface area contributed by atoms with Gasteiger partial charge in [-0.15, -0.1) is 0 Å². The van der Waals surface area contributed by atoms with Gasteiger partial charge in [-0.2, -0.15) is 0 Å². The number of amides is 1. The number of hydrogen-bond acceptors (Lipinski definition) is 5. The molecule has 1 aromatic heterocycles. The summed E-state index contributed by atoms with van der Waals surface area (Å²) in [5, 5.41) is 3.62. The number of thioether (sulfide) groups is 1. The number of aromatic nitrogens is 2. The van der Waals surface area contributed by atoms with Crippen LogP contribution >= 0.6 is 11.8 Å². The van der Waals surface area contributed by atoms with Crippen LogP contribution in [0, 0.1) is 6.92 Å². The van der Waals surface area contributed by atoms with Crippen molar-refractivity contribution >= 4 is 34.4 Å². The number of nitrogens with zero attached hydrogens (tertiary/aromatic N) is 1. The Balaban J connectivity index is 1.61. The van der Waals surface area contributed by atoms with Crippen LogP contribution < -0.4 is 14.8 Å². The average Bonchev–Trinajstić information content (AvgIpc) is 3.04. The predicted octanol–water partition coefficient (Wildman–Crippen LogP) is 4.40. The molecular formula is C20H23N3O3S. The van der Waals surface area contributed by atoms with Crippen molar-refractivity contribution in [2.75, 3.05) is 24.3 Å². The zero-order chi connectivity index (χ0) is 19.2. The van der Waals surface area contributed by atoms with Gasteiger partial charge in [0, 0.05) is 11.8 Å². The van der Waals surface area contributed by atoms with Gasteiger partial charge in [0.15, 0.2) is 16.7 Å². The largest absolute Gasteiger partial charge is 0.490 e. The van der Waals surface area contributed by atoms with Crippen molar-refractivity contribution < 1.29 is 14.3 Å². The lowest BCUT2D eigenvalue weighted by Crippen LogP contribution is -2.14. The van der Waals surface area contributed by atoms with Gasteiger partial charge in [-0.1, -0.05) is 17.8 Å². The Morgan fingerprint density at radius 1 is 1.11 bits per heavy atom. The fourth-order valence-electron chi connectivity index (χ4n) is 2.63. The van der Waals surface area contributed by atoms with Crippen LogP contribution in [-0.2, 0) is 4.79 Å². The Morgan fingerprint density at radius 2 is 1.89 bits per heavy atom. The number of nitrogens with one attached hydrogen (secondary N) is 2. The SMILES string of the molecule is CCOc1ccc(NC(=O)CSc2nc3ccc(C)cc3[nH]2)cc1OCC. The summed E-state index contributed by atoms with van der Waals surface area (Å²) in [6.07, 6.45) is 0. The van der Waals surface area contributed by atoms with Crippen molar-refractivity contribution in [1.82, 2.24) is 9.97 Å². The van der Waals surface area contributed by atoms with Gasteiger partial charge in [-0.05, 0) is 50.6 Å². The molecule has 0 fully saturated rings. The molecule has 0 bridgehead atoms. The summed E-state index contributed by atoms with van der Waals surface area (Å²) in [7, 11) is 0. The molecule has 2 aromatic carbocycles. The quantitative estimate of drug-likeness (QED) is 0.562. The van der Waals surface area contributed by atoms with Crippen molar-refractivity contribution in [3.63, 3.8) is 0 Å². The maximum atomic E-state index is 12.3. The highest BCUT2D eigenvalue weighted by Gasteiger charge is 2.10. The van der Waals surface area contributed by atoms with Crippen molar-refractivity contribution in [3.8, 4) is 11.5 Å². The fourth-order valence-corrected chi connectivity index (χ4v) is 3.31. The van der Waals surface area contributed by atoms with E-state index in [2.05, 4.69) is 15.3 Å². The Kier molecular flexibility index (Phi) is 6.24. The van der Waals surface area contributed by atoms with Crippen molar-refractivity contribution in [3.05, 3.63) is 42.0 Å². The molecule has 1 heterocycles. The molecule has 2 N–H and O–H groups in total. The molecule has 0 spiro atoms. The number of aromatic amines is 1. The zero-order valence-corrected chi connectivity index (χ0v) is 16.5. The number of fused-ring (bicyclic) bond motifs is 1. The van der Waals surface area contributed by atoms with Crippen LogP contribution in [0.25, 0.3) is 11.0 Å². The summed E-state index contributed by atoms with van der Waals surface area (Å²) in [5.41, 5.74) is 3.72. The van der Waals surface area contributed by atoms with Crippen LogP contribution in [0.1, 0.15) is 19.4 Å². The minimum Gasteiger partial charge on any atom is -0.490 e. The number of H-pyrrole nitrogens is 1. The van der Waals surface area contributed by atoms with Crippen LogP contribution in [0.2, 0.25) is 0 Å². The molecule has 0 aliphatic heterocycles. The number of imidazole rings is 1. The molecule has 0 radical (unpaired) electrons. The molecule has 3 rings (SSSR count). The number of carbonyl (C=O) groups excluding carboxylic acids is 1.